The summed E-state index contributed by atoms with van der Waals surface area (Å²) in [5.74, 6) is -0.150. The summed E-state index contributed by atoms with van der Waals surface area (Å²) in [6, 6.07) is 3.08. The van der Waals surface area contributed by atoms with E-state index in [2.05, 4.69) is 12.2 Å². The predicted octanol–water partition coefficient (Wildman–Crippen LogP) is 1.13. The van der Waals surface area contributed by atoms with Gasteiger partial charge < -0.3 is 15.6 Å². The number of hydrogen-bond acceptors (Lipinski definition) is 3. The van der Waals surface area contributed by atoms with Crippen molar-refractivity contribution in [3.05, 3.63) is 28.7 Å². The Hall–Kier alpha value is -1.78. The number of pyridine rings is 1. The van der Waals surface area contributed by atoms with E-state index in [0.717, 1.165) is 19.3 Å². The van der Waals surface area contributed by atoms with Crippen LogP contribution in [0.4, 0.5) is 5.69 Å². The lowest BCUT2D eigenvalue weighted by Crippen LogP contribution is -2.38. The number of hydrogen-bond donors (Lipinski definition) is 2. The third-order valence-electron chi connectivity index (χ3n) is 2.82. The molecule has 1 rings (SSSR count). The number of carbonyl (C=O) groups is 1. The Kier molecular flexibility index (Phi) is 5.42. The van der Waals surface area contributed by atoms with Crippen LogP contribution in [0.15, 0.2) is 23.1 Å². The predicted molar refractivity (Wildman–Crippen MR) is 72.2 cm³/mol. The summed E-state index contributed by atoms with van der Waals surface area (Å²) >= 11 is 0. The van der Waals surface area contributed by atoms with E-state index in [1.807, 2.05) is 6.92 Å². The van der Waals surface area contributed by atoms with Gasteiger partial charge in [0.25, 0.3) is 5.56 Å². The summed E-state index contributed by atoms with van der Waals surface area (Å²) in [6.45, 7) is 4.13. The van der Waals surface area contributed by atoms with Gasteiger partial charge in [0.15, 0.2) is 0 Å². The number of amides is 1. The molecule has 5 nitrogen and oxygen atoms in total. The maximum atomic E-state index is 11.8. The van der Waals surface area contributed by atoms with Gasteiger partial charge in [-0.05, 0) is 18.9 Å². The summed E-state index contributed by atoms with van der Waals surface area (Å²) in [5, 5.41) is 2.92. The fourth-order valence-electron chi connectivity index (χ4n) is 1.83. The molecule has 0 aromatic carbocycles. The van der Waals surface area contributed by atoms with E-state index in [0.29, 0.717) is 5.69 Å². The van der Waals surface area contributed by atoms with Gasteiger partial charge in [0.1, 0.15) is 6.54 Å². The first-order valence-corrected chi connectivity index (χ1v) is 6.32. The number of anilines is 1. The number of carbonyl (C=O) groups excluding carboxylic acids is 1. The van der Waals surface area contributed by atoms with Crippen molar-refractivity contribution in [1.29, 1.82) is 0 Å². The maximum absolute atomic E-state index is 11.8. The van der Waals surface area contributed by atoms with Crippen LogP contribution in [-0.2, 0) is 11.3 Å². The second kappa shape index (κ2) is 6.83. The molecule has 0 saturated heterocycles. The molecule has 18 heavy (non-hydrogen) atoms. The lowest BCUT2D eigenvalue weighted by molar-refractivity contribution is -0.122. The van der Waals surface area contributed by atoms with Crippen LogP contribution in [0.2, 0.25) is 0 Å². The second-order valence-electron chi connectivity index (χ2n) is 4.39. The SMILES string of the molecule is CCCC(CC)NC(=O)Cn1cc(N)ccc1=O. The van der Waals surface area contributed by atoms with Gasteiger partial charge in [-0.3, -0.25) is 9.59 Å². The van der Waals surface area contributed by atoms with Gasteiger partial charge in [0.05, 0.1) is 0 Å². The summed E-state index contributed by atoms with van der Waals surface area (Å²) in [4.78, 5) is 23.3. The van der Waals surface area contributed by atoms with E-state index < -0.39 is 0 Å². The molecule has 0 radical (unpaired) electrons. The first kappa shape index (κ1) is 14.3. The lowest BCUT2D eigenvalue weighted by Gasteiger charge is -2.16. The molecule has 1 atom stereocenters. The van der Waals surface area contributed by atoms with Crippen LogP contribution in [0.25, 0.3) is 0 Å². The van der Waals surface area contributed by atoms with Gasteiger partial charge in [0, 0.05) is 24.0 Å². The van der Waals surface area contributed by atoms with Crippen molar-refractivity contribution in [2.24, 2.45) is 0 Å². The highest BCUT2D eigenvalue weighted by Gasteiger charge is 2.10. The summed E-state index contributed by atoms with van der Waals surface area (Å²) in [5.41, 5.74) is 5.84. The van der Waals surface area contributed by atoms with Crippen LogP contribution < -0.4 is 16.6 Å². The third kappa shape index (κ3) is 4.24. The Bertz CT molecular complexity index is 454. The Morgan fingerprint density at radius 2 is 2.17 bits per heavy atom. The zero-order chi connectivity index (χ0) is 13.5. The number of nitrogens with one attached hydrogen (secondary N) is 1. The quantitative estimate of drug-likeness (QED) is 0.795. The van der Waals surface area contributed by atoms with Crippen LogP contribution in [0.3, 0.4) is 0 Å². The summed E-state index contributed by atoms with van der Waals surface area (Å²) in [6.07, 6.45) is 4.36. The minimum Gasteiger partial charge on any atom is -0.398 e. The molecule has 1 amide bonds. The second-order valence-corrected chi connectivity index (χ2v) is 4.39. The van der Waals surface area contributed by atoms with Crippen LogP contribution in [0, 0.1) is 0 Å². The molecule has 0 bridgehead atoms. The monoisotopic (exact) mass is 251 g/mol. The molecule has 0 aliphatic carbocycles. The van der Waals surface area contributed by atoms with E-state index in [1.54, 1.807) is 0 Å². The smallest absolute Gasteiger partial charge is 0.251 e. The first-order chi connectivity index (χ1) is 8.56. The Balaban J connectivity index is 2.64. The van der Waals surface area contributed by atoms with Gasteiger partial charge in [0.2, 0.25) is 5.91 Å². The molecule has 3 N–H and O–H groups in total. The molecule has 0 aliphatic heterocycles. The highest BCUT2D eigenvalue weighted by Crippen LogP contribution is 2.01. The topological polar surface area (TPSA) is 77.1 Å². The van der Waals surface area contributed by atoms with Crippen molar-refractivity contribution >= 4 is 11.6 Å². The van der Waals surface area contributed by atoms with E-state index in [-0.39, 0.29) is 24.1 Å². The van der Waals surface area contributed by atoms with Crippen LogP contribution in [0.1, 0.15) is 33.1 Å². The first-order valence-electron chi connectivity index (χ1n) is 6.32. The van der Waals surface area contributed by atoms with E-state index >= 15 is 0 Å². The molecule has 1 aromatic rings. The van der Waals surface area contributed by atoms with Crippen molar-refractivity contribution in [3.8, 4) is 0 Å². The Morgan fingerprint density at radius 1 is 1.44 bits per heavy atom. The summed E-state index contributed by atoms with van der Waals surface area (Å²) < 4.78 is 1.32. The van der Waals surface area contributed by atoms with Crippen molar-refractivity contribution < 1.29 is 4.79 Å². The van der Waals surface area contributed by atoms with Crippen LogP contribution >= 0.6 is 0 Å². The molecule has 100 valence electrons. The van der Waals surface area contributed by atoms with E-state index in [9.17, 15) is 9.59 Å². The van der Waals surface area contributed by atoms with Crippen LogP contribution in [-0.4, -0.2) is 16.5 Å². The number of nitrogen functional groups attached to an aromatic ring is 1. The van der Waals surface area contributed by atoms with Crippen LogP contribution in [0.5, 0.6) is 0 Å². The molecular formula is C13H21N3O2. The maximum Gasteiger partial charge on any atom is 0.251 e. The molecule has 1 unspecified atom stereocenters. The molecule has 1 heterocycles. The third-order valence-corrected chi connectivity index (χ3v) is 2.82. The average molecular weight is 251 g/mol. The van der Waals surface area contributed by atoms with E-state index in [1.165, 1.54) is 22.9 Å². The largest absolute Gasteiger partial charge is 0.398 e. The van der Waals surface area contributed by atoms with E-state index in [4.69, 9.17) is 5.73 Å². The standard InChI is InChI=1S/C13H21N3O2/c1-3-5-11(4-2)15-12(17)9-16-8-10(14)6-7-13(16)18/h6-8,11H,3-5,9,14H2,1-2H3,(H,15,17). The molecular weight excluding hydrogens is 230 g/mol. The number of aromatic nitrogens is 1. The number of nitrogens with zero attached hydrogens (tertiary/aromatic N) is 1. The summed E-state index contributed by atoms with van der Waals surface area (Å²) in [7, 11) is 0. The Morgan fingerprint density at radius 3 is 2.78 bits per heavy atom. The highest BCUT2D eigenvalue weighted by molar-refractivity contribution is 5.76. The number of rotatable bonds is 6. The molecule has 0 aliphatic rings. The fraction of sp³-hybridized carbons (Fsp3) is 0.538. The minimum atomic E-state index is -0.220. The molecule has 0 spiro atoms. The number of nitrogens with two attached hydrogens (primary N) is 1. The van der Waals surface area contributed by atoms with Crippen molar-refractivity contribution in [3.63, 3.8) is 0 Å². The molecule has 5 heteroatoms. The highest BCUT2D eigenvalue weighted by atomic mass is 16.2. The molecule has 1 aromatic heterocycles. The van der Waals surface area contributed by atoms with Crippen molar-refractivity contribution in [2.75, 3.05) is 5.73 Å². The minimum absolute atomic E-state index is 0.0179. The lowest BCUT2D eigenvalue weighted by atomic mass is 10.1. The average Bonchev–Trinajstić information content (AvgIpc) is 2.33. The zero-order valence-corrected chi connectivity index (χ0v) is 11.0. The zero-order valence-electron chi connectivity index (χ0n) is 11.0. The molecule has 0 fully saturated rings. The Labute approximate surface area is 107 Å². The van der Waals surface area contributed by atoms with Gasteiger partial charge in [-0.15, -0.1) is 0 Å². The fourth-order valence-corrected chi connectivity index (χ4v) is 1.83. The van der Waals surface area contributed by atoms with Gasteiger partial charge in [-0.25, -0.2) is 0 Å². The van der Waals surface area contributed by atoms with Gasteiger partial charge in [-0.2, -0.15) is 0 Å². The normalized spacial score (nSPS) is 12.1. The van der Waals surface area contributed by atoms with Gasteiger partial charge >= 0.3 is 0 Å². The molecule has 0 saturated carbocycles. The van der Waals surface area contributed by atoms with Gasteiger partial charge in [-0.1, -0.05) is 20.3 Å². The van der Waals surface area contributed by atoms with Crippen molar-refractivity contribution in [2.45, 2.75) is 45.7 Å². The van der Waals surface area contributed by atoms with Crippen molar-refractivity contribution in [1.82, 2.24) is 9.88 Å².